The van der Waals surface area contributed by atoms with Gasteiger partial charge in [0.15, 0.2) is 23.0 Å². The minimum absolute atomic E-state index is 0.0666. The SMILES string of the molecule is CCCC[C@@](C)(N)CO.CCCC[C@](C)(CO)NC(=O)c1ncc(F)cc1F.Cc1ccc(S(=O)(=O)O)cc1.O=C(O)c1ncc(F)cc1F. The molecular formula is C33H46F4N4O8S. The second-order valence-corrected chi connectivity index (χ2v) is 13.2. The Morgan fingerprint density at radius 2 is 1.30 bits per heavy atom. The fraction of sp³-hybridized carbons (Fsp3) is 0.455. The monoisotopic (exact) mass is 734 g/mol. The third-order valence-electron chi connectivity index (χ3n) is 6.66. The molecule has 7 N–H and O–H groups in total. The van der Waals surface area contributed by atoms with Crippen molar-refractivity contribution in [3.63, 3.8) is 0 Å². The fourth-order valence-electron chi connectivity index (χ4n) is 3.60. The number of carbonyl (C=O) groups is 2. The average Bonchev–Trinajstić information content (AvgIpc) is 3.03. The van der Waals surface area contributed by atoms with Crippen molar-refractivity contribution >= 4 is 22.0 Å². The van der Waals surface area contributed by atoms with E-state index in [1.54, 1.807) is 19.1 Å². The minimum atomic E-state index is -4.02. The molecule has 3 rings (SSSR count). The minimum Gasteiger partial charge on any atom is -0.476 e. The van der Waals surface area contributed by atoms with Crippen LogP contribution in [0.25, 0.3) is 0 Å². The number of pyridine rings is 2. The second kappa shape index (κ2) is 21.9. The van der Waals surface area contributed by atoms with Gasteiger partial charge in [-0.2, -0.15) is 8.42 Å². The topological polar surface area (TPSA) is 213 Å². The van der Waals surface area contributed by atoms with Crippen molar-refractivity contribution < 1.29 is 55.4 Å². The molecule has 1 amide bonds. The van der Waals surface area contributed by atoms with Gasteiger partial charge in [0, 0.05) is 17.7 Å². The van der Waals surface area contributed by atoms with Crippen LogP contribution in [-0.4, -0.2) is 74.4 Å². The van der Waals surface area contributed by atoms with E-state index in [0.717, 1.165) is 43.9 Å². The highest BCUT2D eigenvalue weighted by molar-refractivity contribution is 7.85. The molecule has 0 aliphatic carbocycles. The smallest absolute Gasteiger partial charge is 0.357 e. The molecule has 2 heterocycles. The average molecular weight is 735 g/mol. The summed E-state index contributed by atoms with van der Waals surface area (Å²) in [5.41, 5.74) is 4.17. The van der Waals surface area contributed by atoms with Crippen molar-refractivity contribution in [3.8, 4) is 0 Å². The van der Waals surface area contributed by atoms with Gasteiger partial charge in [0.2, 0.25) is 0 Å². The lowest BCUT2D eigenvalue weighted by molar-refractivity contribution is 0.0684. The first-order valence-electron chi connectivity index (χ1n) is 15.4. The van der Waals surface area contributed by atoms with Gasteiger partial charge < -0.3 is 26.4 Å². The Bertz CT molecular complexity index is 1610. The van der Waals surface area contributed by atoms with E-state index in [2.05, 4.69) is 22.2 Å². The zero-order chi connectivity index (χ0) is 38.7. The van der Waals surface area contributed by atoms with Crippen LogP contribution in [0.15, 0.2) is 53.7 Å². The van der Waals surface area contributed by atoms with E-state index in [1.807, 2.05) is 20.8 Å². The van der Waals surface area contributed by atoms with Gasteiger partial charge >= 0.3 is 5.97 Å². The number of nitrogens with one attached hydrogen (secondary N) is 1. The molecule has 17 heteroatoms. The summed E-state index contributed by atoms with van der Waals surface area (Å²) in [5, 5.41) is 28.8. The number of aliphatic hydroxyl groups is 2. The highest BCUT2D eigenvalue weighted by Gasteiger charge is 2.27. The molecule has 2 atom stereocenters. The summed E-state index contributed by atoms with van der Waals surface area (Å²) in [6, 6.07) is 7.06. The van der Waals surface area contributed by atoms with Gasteiger partial charge in [0.05, 0.1) is 36.0 Å². The summed E-state index contributed by atoms with van der Waals surface area (Å²) in [5.74, 6) is -6.20. The van der Waals surface area contributed by atoms with Crippen molar-refractivity contribution in [1.82, 2.24) is 15.3 Å². The normalized spacial score (nSPS) is 13.1. The van der Waals surface area contributed by atoms with Crippen LogP contribution in [0.3, 0.4) is 0 Å². The van der Waals surface area contributed by atoms with Crippen molar-refractivity contribution in [2.45, 2.75) is 89.1 Å². The molecule has 1 aromatic carbocycles. The molecule has 0 aliphatic rings. The zero-order valence-electron chi connectivity index (χ0n) is 28.6. The predicted molar refractivity (Wildman–Crippen MR) is 178 cm³/mol. The van der Waals surface area contributed by atoms with Crippen molar-refractivity contribution in [1.29, 1.82) is 0 Å². The number of aryl methyl sites for hydroxylation is 1. The lowest BCUT2D eigenvalue weighted by atomic mass is 9.95. The van der Waals surface area contributed by atoms with Crippen LogP contribution in [0.5, 0.6) is 0 Å². The highest BCUT2D eigenvalue weighted by Crippen LogP contribution is 2.15. The number of rotatable bonds is 12. The van der Waals surface area contributed by atoms with Gasteiger partial charge in [-0.05, 0) is 45.7 Å². The third kappa shape index (κ3) is 18.1. The number of hydrogen-bond donors (Lipinski definition) is 6. The number of aromatic carboxylic acids is 1. The number of amides is 1. The molecule has 0 spiro atoms. The molecule has 280 valence electrons. The quantitative estimate of drug-likeness (QED) is 0.105. The second-order valence-electron chi connectivity index (χ2n) is 11.8. The summed E-state index contributed by atoms with van der Waals surface area (Å²) in [6.07, 6.45) is 6.88. The Labute approximate surface area is 289 Å². The molecule has 0 bridgehead atoms. The maximum atomic E-state index is 13.4. The summed E-state index contributed by atoms with van der Waals surface area (Å²) >= 11 is 0. The largest absolute Gasteiger partial charge is 0.476 e. The number of aliphatic hydroxyl groups excluding tert-OH is 2. The number of carboxylic acids is 1. The van der Waals surface area contributed by atoms with Gasteiger partial charge in [-0.1, -0.05) is 57.2 Å². The number of carboxylic acid groups (broad SMARTS) is 1. The Morgan fingerprint density at radius 1 is 0.840 bits per heavy atom. The Kier molecular flexibility index (Phi) is 20.2. The summed E-state index contributed by atoms with van der Waals surface area (Å²) < 4.78 is 80.2. The van der Waals surface area contributed by atoms with Crippen LogP contribution < -0.4 is 11.1 Å². The molecule has 0 radical (unpaired) electrons. The van der Waals surface area contributed by atoms with Crippen LogP contribution in [0, 0.1) is 30.2 Å². The summed E-state index contributed by atoms with van der Waals surface area (Å²) in [4.78, 5) is 28.4. The highest BCUT2D eigenvalue weighted by atomic mass is 32.2. The van der Waals surface area contributed by atoms with Crippen LogP contribution in [0.1, 0.15) is 92.8 Å². The van der Waals surface area contributed by atoms with Gasteiger partial charge in [0.25, 0.3) is 16.0 Å². The molecule has 0 aliphatic heterocycles. The fourth-order valence-corrected chi connectivity index (χ4v) is 4.08. The van der Waals surface area contributed by atoms with E-state index in [-0.39, 0.29) is 23.6 Å². The van der Waals surface area contributed by atoms with Gasteiger partial charge in [-0.25, -0.2) is 32.3 Å². The number of carbonyl (C=O) groups excluding carboxylic acids is 1. The van der Waals surface area contributed by atoms with Crippen molar-refractivity contribution in [2.24, 2.45) is 5.73 Å². The Morgan fingerprint density at radius 3 is 1.68 bits per heavy atom. The third-order valence-corrected chi connectivity index (χ3v) is 7.53. The first-order chi connectivity index (χ1) is 23.1. The molecule has 0 saturated carbocycles. The lowest BCUT2D eigenvalue weighted by Crippen LogP contribution is -2.49. The predicted octanol–water partition coefficient (Wildman–Crippen LogP) is 5.22. The maximum absolute atomic E-state index is 13.4. The van der Waals surface area contributed by atoms with E-state index in [0.29, 0.717) is 24.8 Å². The van der Waals surface area contributed by atoms with Gasteiger partial charge in [-0.3, -0.25) is 9.35 Å². The number of halogens is 4. The molecule has 3 aromatic rings. The van der Waals surface area contributed by atoms with E-state index < -0.39 is 62.2 Å². The zero-order valence-corrected chi connectivity index (χ0v) is 29.4. The van der Waals surface area contributed by atoms with Crippen molar-refractivity contribution in [2.75, 3.05) is 13.2 Å². The summed E-state index contributed by atoms with van der Waals surface area (Å²) in [7, 11) is -4.02. The maximum Gasteiger partial charge on any atom is 0.357 e. The Hall–Kier alpha value is -4.03. The number of nitrogens with zero attached hydrogens (tertiary/aromatic N) is 2. The number of aromatic nitrogens is 2. The first kappa shape index (κ1) is 46.0. The van der Waals surface area contributed by atoms with E-state index in [4.69, 9.17) is 20.5 Å². The summed E-state index contributed by atoms with van der Waals surface area (Å²) in [6.45, 7) is 9.32. The van der Waals surface area contributed by atoms with Crippen LogP contribution in [0.4, 0.5) is 17.6 Å². The lowest BCUT2D eigenvalue weighted by Gasteiger charge is -2.28. The van der Waals surface area contributed by atoms with Crippen LogP contribution in [-0.2, 0) is 10.1 Å². The molecule has 0 fully saturated rings. The Balaban J connectivity index is 0.000000672. The number of benzene rings is 1. The van der Waals surface area contributed by atoms with Crippen LogP contribution in [0.2, 0.25) is 0 Å². The van der Waals surface area contributed by atoms with E-state index in [1.165, 1.54) is 12.1 Å². The van der Waals surface area contributed by atoms with Crippen molar-refractivity contribution in [3.05, 3.63) is 89.0 Å². The first-order valence-corrected chi connectivity index (χ1v) is 16.8. The number of hydrogen-bond acceptors (Lipinski definition) is 9. The number of unbranched alkanes of at least 4 members (excludes halogenated alkanes) is 2. The molecule has 12 nitrogen and oxygen atoms in total. The molecular weight excluding hydrogens is 688 g/mol. The standard InChI is InChI=1S/C13H18F2N2O2.C7H17NO.C7H8O3S.C6H3F2NO2/c1-3-4-5-13(2,8-18)17-12(19)11-10(15)6-9(14)7-16-11;1-3-4-5-7(2,8)6-9;1-6-2-4-7(5-3-6)11(8,9)10;7-3-1-4(8)5(6(10)11)9-2-3/h6-7,18H,3-5,8H2,1-2H3,(H,17,19);9H,3-6,8H2,1-2H3;2-5H,1H3,(H,8,9,10);1-2H,(H,10,11)/t13-;7-;;/m11../s1. The molecule has 0 saturated heterocycles. The molecule has 0 unspecified atom stereocenters. The number of nitrogens with two attached hydrogens (primary N) is 1. The van der Waals surface area contributed by atoms with E-state index in [9.17, 15) is 40.7 Å². The van der Waals surface area contributed by atoms with Gasteiger partial charge in [0.1, 0.15) is 11.6 Å². The van der Waals surface area contributed by atoms with Gasteiger partial charge in [-0.15, -0.1) is 0 Å². The van der Waals surface area contributed by atoms with Crippen LogP contribution >= 0.6 is 0 Å². The molecule has 2 aromatic heterocycles. The molecule has 50 heavy (non-hydrogen) atoms. The van der Waals surface area contributed by atoms with E-state index >= 15 is 0 Å².